The van der Waals surface area contributed by atoms with Crippen LogP contribution in [0, 0.1) is 0 Å². The van der Waals surface area contributed by atoms with Gasteiger partial charge in [0.05, 0.1) is 10.6 Å². The van der Waals surface area contributed by atoms with Gasteiger partial charge in [-0.05, 0) is 53.4 Å². The lowest BCUT2D eigenvalue weighted by Gasteiger charge is -2.15. The van der Waals surface area contributed by atoms with Gasteiger partial charge in [0.1, 0.15) is 0 Å². The number of carbonyl (C=O) groups excluding carboxylic acids is 1. The van der Waals surface area contributed by atoms with Crippen molar-refractivity contribution in [1.29, 1.82) is 0 Å². The van der Waals surface area contributed by atoms with E-state index in [-0.39, 0.29) is 16.6 Å². The lowest BCUT2D eigenvalue weighted by atomic mass is 10.0. The maximum Gasteiger partial charge on any atom is 0.177 e. The molecule has 0 fully saturated rings. The van der Waals surface area contributed by atoms with Gasteiger partial charge in [0.2, 0.25) is 0 Å². The summed E-state index contributed by atoms with van der Waals surface area (Å²) in [4.78, 5) is 11.7. The second-order valence-electron chi connectivity index (χ2n) is 5.38. The second-order valence-corrected chi connectivity index (χ2v) is 8.14. The number of nitrogens with one attached hydrogen (secondary N) is 1. The van der Waals surface area contributed by atoms with E-state index in [1.54, 1.807) is 23.5 Å². The van der Waals surface area contributed by atoms with Crippen molar-refractivity contribution < 1.29 is 13.2 Å². The van der Waals surface area contributed by atoms with E-state index in [4.69, 9.17) is 0 Å². The number of ketones is 1. The Morgan fingerprint density at radius 1 is 1.32 bits per heavy atom. The summed E-state index contributed by atoms with van der Waals surface area (Å²) >= 11 is 1.64. The summed E-state index contributed by atoms with van der Waals surface area (Å²) < 4.78 is 23.8. The third kappa shape index (κ3) is 3.96. The molecule has 0 aliphatic heterocycles. The monoisotopic (exact) mass is 337 g/mol. The molecule has 0 aliphatic rings. The topological polar surface area (TPSA) is 63.2 Å². The summed E-state index contributed by atoms with van der Waals surface area (Å²) in [5.41, 5.74) is 2.19. The first-order chi connectivity index (χ1) is 10.3. The Bertz CT molecular complexity index is 765. The number of Topliss-reactive ketones (excluding diaryl/α,β-unsaturated/α-hetero) is 1. The van der Waals surface area contributed by atoms with Crippen molar-refractivity contribution in [3.05, 3.63) is 46.2 Å². The van der Waals surface area contributed by atoms with Crippen molar-refractivity contribution in [3.8, 4) is 0 Å². The minimum absolute atomic E-state index is 0.0889. The summed E-state index contributed by atoms with van der Waals surface area (Å²) in [5.74, 6) is 0.161. The van der Waals surface area contributed by atoms with Crippen molar-refractivity contribution in [2.24, 2.45) is 0 Å². The van der Waals surface area contributed by atoms with E-state index < -0.39 is 9.84 Å². The molecule has 0 amide bonds. The Labute approximate surface area is 135 Å². The Morgan fingerprint density at radius 2 is 2.05 bits per heavy atom. The van der Waals surface area contributed by atoms with Gasteiger partial charge in [-0.2, -0.15) is 11.3 Å². The summed E-state index contributed by atoms with van der Waals surface area (Å²) in [6.45, 7) is 4.14. The maximum atomic E-state index is 11.9. The van der Waals surface area contributed by atoms with Gasteiger partial charge < -0.3 is 5.32 Å². The molecule has 1 atom stereocenters. The first kappa shape index (κ1) is 16.7. The van der Waals surface area contributed by atoms with Gasteiger partial charge in [0.15, 0.2) is 15.6 Å². The lowest BCUT2D eigenvalue weighted by Crippen LogP contribution is -2.13. The molecular weight excluding hydrogens is 318 g/mol. The standard InChI is InChI=1S/C16H19NO3S2/c1-11(14-6-7-21-10-14)9-17-15-8-13(12(2)18)4-5-16(15)22(3,19)20/h4-8,10-11,17H,9H2,1-3H3/t11-/m0/s1. The molecule has 2 rings (SSSR count). The van der Waals surface area contributed by atoms with Gasteiger partial charge in [0, 0.05) is 18.4 Å². The average molecular weight is 337 g/mol. The zero-order chi connectivity index (χ0) is 16.3. The van der Waals surface area contributed by atoms with Crippen LogP contribution in [0.25, 0.3) is 0 Å². The van der Waals surface area contributed by atoms with Crippen LogP contribution >= 0.6 is 11.3 Å². The summed E-state index contributed by atoms with van der Waals surface area (Å²) in [7, 11) is -3.35. The molecule has 118 valence electrons. The number of hydrogen-bond acceptors (Lipinski definition) is 5. The average Bonchev–Trinajstić information content (AvgIpc) is 2.97. The number of hydrogen-bond donors (Lipinski definition) is 1. The van der Waals surface area contributed by atoms with Gasteiger partial charge >= 0.3 is 0 Å². The maximum absolute atomic E-state index is 11.9. The summed E-state index contributed by atoms with van der Waals surface area (Å²) in [6.07, 6.45) is 1.17. The molecule has 1 N–H and O–H groups in total. The van der Waals surface area contributed by atoms with Crippen LogP contribution in [0.3, 0.4) is 0 Å². The van der Waals surface area contributed by atoms with Crippen LogP contribution in [-0.2, 0) is 9.84 Å². The quantitative estimate of drug-likeness (QED) is 0.819. The molecule has 0 aliphatic carbocycles. The minimum Gasteiger partial charge on any atom is -0.383 e. The van der Waals surface area contributed by atoms with Crippen molar-refractivity contribution in [1.82, 2.24) is 0 Å². The lowest BCUT2D eigenvalue weighted by molar-refractivity contribution is 0.101. The molecule has 0 spiro atoms. The van der Waals surface area contributed by atoms with E-state index in [1.807, 2.05) is 5.38 Å². The number of rotatable bonds is 6. The normalized spacial score (nSPS) is 12.9. The Kier molecular flexibility index (Phi) is 5.03. The fourth-order valence-electron chi connectivity index (χ4n) is 2.15. The molecule has 22 heavy (non-hydrogen) atoms. The van der Waals surface area contributed by atoms with Crippen LogP contribution in [0.2, 0.25) is 0 Å². The SMILES string of the molecule is CC(=O)c1ccc(S(C)(=O)=O)c(NC[C@H](C)c2ccsc2)c1. The predicted molar refractivity (Wildman–Crippen MR) is 90.8 cm³/mol. The highest BCUT2D eigenvalue weighted by molar-refractivity contribution is 7.90. The smallest absolute Gasteiger partial charge is 0.177 e. The van der Waals surface area contributed by atoms with Gasteiger partial charge in [-0.1, -0.05) is 6.92 Å². The highest BCUT2D eigenvalue weighted by Gasteiger charge is 2.16. The van der Waals surface area contributed by atoms with E-state index in [9.17, 15) is 13.2 Å². The van der Waals surface area contributed by atoms with Crippen LogP contribution in [0.15, 0.2) is 39.9 Å². The zero-order valence-electron chi connectivity index (χ0n) is 12.8. The first-order valence-corrected chi connectivity index (χ1v) is 9.73. The van der Waals surface area contributed by atoms with Crippen LogP contribution in [0.5, 0.6) is 0 Å². The number of benzene rings is 1. The molecule has 0 saturated heterocycles. The number of carbonyl (C=O) groups is 1. The Hall–Kier alpha value is -1.66. The number of anilines is 1. The van der Waals surface area contributed by atoms with Crippen LogP contribution in [0.1, 0.15) is 35.7 Å². The third-order valence-corrected chi connectivity index (χ3v) is 5.35. The van der Waals surface area contributed by atoms with Gasteiger partial charge in [0.25, 0.3) is 0 Å². The highest BCUT2D eigenvalue weighted by Crippen LogP contribution is 2.25. The van der Waals surface area contributed by atoms with E-state index in [0.29, 0.717) is 17.8 Å². The zero-order valence-corrected chi connectivity index (χ0v) is 14.4. The van der Waals surface area contributed by atoms with Crippen molar-refractivity contribution in [2.45, 2.75) is 24.7 Å². The predicted octanol–water partition coefficient (Wildman–Crippen LogP) is 3.57. The molecule has 0 radical (unpaired) electrons. The van der Waals surface area contributed by atoms with Crippen molar-refractivity contribution in [2.75, 3.05) is 18.1 Å². The molecule has 2 aromatic rings. The van der Waals surface area contributed by atoms with E-state index in [2.05, 4.69) is 23.7 Å². The summed E-state index contributed by atoms with van der Waals surface area (Å²) in [5, 5.41) is 7.27. The summed E-state index contributed by atoms with van der Waals surface area (Å²) in [6, 6.07) is 6.70. The van der Waals surface area contributed by atoms with E-state index in [0.717, 1.165) is 0 Å². The number of thiophene rings is 1. The Balaban J connectivity index is 2.27. The van der Waals surface area contributed by atoms with Crippen LogP contribution in [0.4, 0.5) is 5.69 Å². The molecule has 1 aromatic heterocycles. The van der Waals surface area contributed by atoms with E-state index in [1.165, 1.54) is 24.8 Å². The highest BCUT2D eigenvalue weighted by atomic mass is 32.2. The molecule has 4 nitrogen and oxygen atoms in total. The molecule has 0 bridgehead atoms. The van der Waals surface area contributed by atoms with Crippen LogP contribution < -0.4 is 5.32 Å². The van der Waals surface area contributed by atoms with Gasteiger partial charge in [-0.3, -0.25) is 4.79 Å². The van der Waals surface area contributed by atoms with Crippen molar-refractivity contribution >= 4 is 32.6 Å². The van der Waals surface area contributed by atoms with Gasteiger partial charge in [-0.25, -0.2) is 8.42 Å². The first-order valence-electron chi connectivity index (χ1n) is 6.90. The number of sulfone groups is 1. The molecular formula is C16H19NO3S2. The third-order valence-electron chi connectivity index (χ3n) is 3.50. The van der Waals surface area contributed by atoms with Crippen molar-refractivity contribution in [3.63, 3.8) is 0 Å². The molecule has 6 heteroatoms. The van der Waals surface area contributed by atoms with E-state index >= 15 is 0 Å². The molecule has 1 aromatic carbocycles. The molecule has 1 heterocycles. The minimum atomic E-state index is -3.35. The fraction of sp³-hybridized carbons (Fsp3) is 0.312. The van der Waals surface area contributed by atoms with Crippen LogP contribution in [-0.4, -0.2) is 27.0 Å². The van der Waals surface area contributed by atoms with Gasteiger partial charge in [-0.15, -0.1) is 0 Å². The Morgan fingerprint density at radius 3 is 2.59 bits per heavy atom. The molecule has 0 unspecified atom stereocenters. The molecule has 0 saturated carbocycles. The second kappa shape index (κ2) is 6.62. The largest absolute Gasteiger partial charge is 0.383 e. The fourth-order valence-corrected chi connectivity index (χ4v) is 3.77.